The van der Waals surface area contributed by atoms with Crippen LogP contribution in [-0.2, 0) is 0 Å². The lowest BCUT2D eigenvalue weighted by atomic mass is 10.1. The van der Waals surface area contributed by atoms with Crippen molar-refractivity contribution in [3.05, 3.63) is 21.9 Å². The van der Waals surface area contributed by atoms with Crippen LogP contribution in [-0.4, -0.2) is 6.04 Å². The van der Waals surface area contributed by atoms with Crippen LogP contribution in [0.5, 0.6) is 0 Å². The summed E-state index contributed by atoms with van der Waals surface area (Å²) >= 11 is 1.54. The summed E-state index contributed by atoms with van der Waals surface area (Å²) in [6.45, 7) is 4.23. The molecule has 84 valence electrons. The Morgan fingerprint density at radius 3 is 2.81 bits per heavy atom. The second kappa shape index (κ2) is 6.33. The van der Waals surface area contributed by atoms with E-state index in [9.17, 15) is 0 Å². The van der Waals surface area contributed by atoms with E-state index in [1.807, 2.05) is 12.1 Å². The molecule has 0 aliphatic heterocycles. The van der Waals surface area contributed by atoms with Crippen molar-refractivity contribution in [2.45, 2.75) is 38.8 Å². The normalized spacial score (nSPS) is 13.8. The Kier molecular flexibility index (Phi) is 5.05. The van der Waals surface area contributed by atoms with E-state index in [-0.39, 0.29) is 6.04 Å². The van der Waals surface area contributed by atoms with Crippen molar-refractivity contribution < 1.29 is 0 Å². The van der Waals surface area contributed by atoms with Gasteiger partial charge in [-0.05, 0) is 25.5 Å². The van der Waals surface area contributed by atoms with Gasteiger partial charge in [0.1, 0.15) is 10.9 Å². The zero-order chi connectivity index (χ0) is 12.0. The summed E-state index contributed by atoms with van der Waals surface area (Å²) in [5, 5.41) is 12.2. The van der Waals surface area contributed by atoms with Crippen LogP contribution in [0.3, 0.4) is 0 Å². The molecule has 1 rings (SSSR count). The fraction of sp³-hybridized carbons (Fsp3) is 0.462. The van der Waals surface area contributed by atoms with Crippen LogP contribution in [0.25, 0.3) is 0 Å². The second-order valence-corrected chi connectivity index (χ2v) is 4.83. The van der Waals surface area contributed by atoms with Crippen LogP contribution < -0.4 is 5.32 Å². The van der Waals surface area contributed by atoms with Gasteiger partial charge in [0.15, 0.2) is 0 Å². The van der Waals surface area contributed by atoms with Gasteiger partial charge >= 0.3 is 0 Å². The van der Waals surface area contributed by atoms with E-state index in [2.05, 4.69) is 31.2 Å². The minimum absolute atomic E-state index is 0.255. The van der Waals surface area contributed by atoms with Crippen molar-refractivity contribution in [3.63, 3.8) is 0 Å². The standard InChI is InChI=1S/C13H16N2S/c1-4-6-11(5-2)15-10(3)13-8-7-12(9-14)16-13/h1,7-8,10-11,15H,5-6H2,2-3H3. The number of nitrogens with one attached hydrogen (secondary N) is 1. The Hall–Kier alpha value is -1.29. The van der Waals surface area contributed by atoms with Crippen molar-refractivity contribution in [2.24, 2.45) is 0 Å². The Morgan fingerprint density at radius 1 is 1.56 bits per heavy atom. The van der Waals surface area contributed by atoms with Gasteiger partial charge in [-0.2, -0.15) is 5.26 Å². The minimum Gasteiger partial charge on any atom is -0.306 e. The van der Waals surface area contributed by atoms with Gasteiger partial charge in [-0.1, -0.05) is 6.92 Å². The summed E-state index contributed by atoms with van der Waals surface area (Å²) in [6, 6.07) is 6.63. The first-order chi connectivity index (χ1) is 7.71. The van der Waals surface area contributed by atoms with Crippen LogP contribution in [0.1, 0.15) is 42.5 Å². The van der Waals surface area contributed by atoms with Crippen LogP contribution in [0.2, 0.25) is 0 Å². The Balaban J connectivity index is 2.61. The molecule has 1 aromatic heterocycles. The molecular formula is C13H16N2S. The van der Waals surface area contributed by atoms with E-state index >= 15 is 0 Å². The number of thiophene rings is 1. The highest BCUT2D eigenvalue weighted by molar-refractivity contribution is 7.12. The molecular weight excluding hydrogens is 216 g/mol. The largest absolute Gasteiger partial charge is 0.306 e. The molecule has 0 aliphatic rings. The average molecular weight is 232 g/mol. The van der Waals surface area contributed by atoms with E-state index < -0.39 is 0 Å². The van der Waals surface area contributed by atoms with Crippen molar-refractivity contribution in [2.75, 3.05) is 0 Å². The topological polar surface area (TPSA) is 35.8 Å². The number of nitrogens with zero attached hydrogens (tertiary/aromatic N) is 1. The Labute approximate surface area is 101 Å². The van der Waals surface area contributed by atoms with Crippen LogP contribution in [0.15, 0.2) is 12.1 Å². The van der Waals surface area contributed by atoms with E-state index in [0.717, 1.165) is 17.7 Å². The zero-order valence-corrected chi connectivity index (χ0v) is 10.5. The van der Waals surface area contributed by atoms with E-state index in [1.165, 1.54) is 16.2 Å². The fourth-order valence-electron chi connectivity index (χ4n) is 1.54. The predicted octanol–water partition coefficient (Wildman–Crippen LogP) is 3.07. The van der Waals surface area contributed by atoms with Crippen LogP contribution >= 0.6 is 11.3 Å². The molecule has 0 saturated heterocycles. The lowest BCUT2D eigenvalue weighted by Gasteiger charge is -2.19. The maximum atomic E-state index is 8.76. The molecule has 0 spiro atoms. The maximum absolute atomic E-state index is 8.76. The number of rotatable bonds is 5. The monoisotopic (exact) mass is 232 g/mol. The average Bonchev–Trinajstić information content (AvgIpc) is 2.76. The predicted molar refractivity (Wildman–Crippen MR) is 68.1 cm³/mol. The third kappa shape index (κ3) is 3.38. The smallest absolute Gasteiger partial charge is 0.110 e. The van der Waals surface area contributed by atoms with Crippen molar-refractivity contribution in [1.82, 2.24) is 5.32 Å². The summed E-state index contributed by atoms with van der Waals surface area (Å²) in [4.78, 5) is 1.95. The quantitative estimate of drug-likeness (QED) is 0.792. The molecule has 0 amide bonds. The molecule has 2 nitrogen and oxygen atoms in total. The number of nitriles is 1. The van der Waals surface area contributed by atoms with E-state index in [1.54, 1.807) is 0 Å². The van der Waals surface area contributed by atoms with Gasteiger partial charge in [-0.25, -0.2) is 0 Å². The molecule has 1 heterocycles. The summed E-state index contributed by atoms with van der Waals surface area (Å²) in [6.07, 6.45) is 7.08. The van der Waals surface area contributed by atoms with E-state index in [0.29, 0.717) is 6.04 Å². The lowest BCUT2D eigenvalue weighted by Crippen LogP contribution is -2.30. The lowest BCUT2D eigenvalue weighted by molar-refractivity contribution is 0.453. The minimum atomic E-state index is 0.255. The first-order valence-corrected chi connectivity index (χ1v) is 6.22. The second-order valence-electron chi connectivity index (χ2n) is 3.72. The molecule has 0 bridgehead atoms. The van der Waals surface area contributed by atoms with Gasteiger partial charge in [0.2, 0.25) is 0 Å². The van der Waals surface area contributed by atoms with E-state index in [4.69, 9.17) is 11.7 Å². The molecule has 2 atom stereocenters. The Morgan fingerprint density at radius 2 is 2.31 bits per heavy atom. The van der Waals surface area contributed by atoms with Crippen LogP contribution in [0.4, 0.5) is 0 Å². The summed E-state index contributed by atoms with van der Waals surface area (Å²) in [5.41, 5.74) is 0. The molecule has 0 aliphatic carbocycles. The number of hydrogen-bond acceptors (Lipinski definition) is 3. The summed E-state index contributed by atoms with van der Waals surface area (Å²) in [5.74, 6) is 2.68. The summed E-state index contributed by atoms with van der Waals surface area (Å²) in [7, 11) is 0. The van der Waals surface area contributed by atoms with Gasteiger partial charge in [0, 0.05) is 23.4 Å². The Bertz CT molecular complexity index is 408. The number of hydrogen-bond donors (Lipinski definition) is 1. The molecule has 16 heavy (non-hydrogen) atoms. The van der Waals surface area contributed by atoms with Gasteiger partial charge in [0.25, 0.3) is 0 Å². The maximum Gasteiger partial charge on any atom is 0.110 e. The van der Waals surface area contributed by atoms with Gasteiger partial charge in [-0.15, -0.1) is 23.7 Å². The molecule has 1 aromatic rings. The third-order valence-electron chi connectivity index (χ3n) is 2.51. The van der Waals surface area contributed by atoms with Crippen molar-refractivity contribution in [3.8, 4) is 18.4 Å². The van der Waals surface area contributed by atoms with Crippen molar-refractivity contribution in [1.29, 1.82) is 5.26 Å². The first-order valence-electron chi connectivity index (χ1n) is 5.40. The molecule has 1 N–H and O–H groups in total. The molecule has 0 radical (unpaired) electrons. The van der Waals surface area contributed by atoms with Gasteiger partial charge in [0.05, 0.1) is 0 Å². The van der Waals surface area contributed by atoms with Crippen molar-refractivity contribution >= 4 is 11.3 Å². The highest BCUT2D eigenvalue weighted by atomic mass is 32.1. The summed E-state index contributed by atoms with van der Waals surface area (Å²) < 4.78 is 0. The van der Waals surface area contributed by atoms with Gasteiger partial charge in [-0.3, -0.25) is 0 Å². The third-order valence-corrected chi connectivity index (χ3v) is 3.68. The highest BCUT2D eigenvalue weighted by Crippen LogP contribution is 2.23. The fourth-order valence-corrected chi connectivity index (χ4v) is 2.36. The first kappa shape index (κ1) is 12.8. The highest BCUT2D eigenvalue weighted by Gasteiger charge is 2.12. The van der Waals surface area contributed by atoms with Gasteiger partial charge < -0.3 is 5.32 Å². The molecule has 0 aromatic carbocycles. The molecule has 2 unspecified atom stereocenters. The molecule has 0 fully saturated rings. The van der Waals surface area contributed by atoms with Crippen LogP contribution in [0, 0.1) is 23.7 Å². The zero-order valence-electron chi connectivity index (χ0n) is 9.66. The number of terminal acetylenes is 1. The SMILES string of the molecule is C#CCC(CC)NC(C)c1ccc(C#N)s1. The molecule has 0 saturated carbocycles. The molecule has 3 heteroatoms.